The lowest BCUT2D eigenvalue weighted by molar-refractivity contribution is 0.708. The Labute approximate surface area is 123 Å². The molecule has 0 spiro atoms. The molecule has 2 aromatic heterocycles. The highest BCUT2D eigenvalue weighted by atomic mass is 15.3. The van der Waals surface area contributed by atoms with Gasteiger partial charge in [0.2, 0.25) is 0 Å². The monoisotopic (exact) mass is 279 g/mol. The third-order valence-electron chi connectivity index (χ3n) is 4.09. The molecule has 0 aliphatic carbocycles. The van der Waals surface area contributed by atoms with Gasteiger partial charge >= 0.3 is 0 Å². The van der Waals surface area contributed by atoms with Crippen molar-refractivity contribution in [2.24, 2.45) is 7.05 Å². The maximum Gasteiger partial charge on any atom is 0.148 e. The highest BCUT2D eigenvalue weighted by Gasteiger charge is 2.28. The molecule has 1 saturated heterocycles. The summed E-state index contributed by atoms with van der Waals surface area (Å²) in [5.41, 5.74) is 3.15. The smallest absolute Gasteiger partial charge is 0.148 e. The molecular weight excluding hydrogens is 262 g/mol. The average molecular weight is 279 g/mol. The normalized spacial score (nSPS) is 18.5. The Hall–Kier alpha value is -2.43. The Bertz CT molecular complexity index is 779. The number of hydrogen-bond donors (Lipinski definition) is 0. The zero-order chi connectivity index (χ0) is 14.2. The van der Waals surface area contributed by atoms with Crippen molar-refractivity contribution in [1.82, 2.24) is 19.7 Å². The van der Waals surface area contributed by atoms with Crippen LogP contribution in [0.2, 0.25) is 0 Å². The fraction of sp³-hybridized carbons (Fsp3) is 0.312. The molecule has 21 heavy (non-hydrogen) atoms. The molecule has 5 heteroatoms. The van der Waals surface area contributed by atoms with Crippen LogP contribution >= 0.6 is 0 Å². The minimum atomic E-state index is 0.356. The van der Waals surface area contributed by atoms with Gasteiger partial charge < -0.3 is 4.90 Å². The zero-order valence-corrected chi connectivity index (χ0v) is 12.0. The second-order valence-corrected chi connectivity index (χ2v) is 5.52. The van der Waals surface area contributed by atoms with Gasteiger partial charge in [-0.05, 0) is 25.0 Å². The molecule has 0 N–H and O–H groups in total. The van der Waals surface area contributed by atoms with Crippen LogP contribution in [0.3, 0.4) is 0 Å². The van der Waals surface area contributed by atoms with Crippen molar-refractivity contribution >= 4 is 16.9 Å². The van der Waals surface area contributed by atoms with E-state index in [0.717, 1.165) is 29.8 Å². The molecule has 3 aromatic rings. The van der Waals surface area contributed by atoms with E-state index in [-0.39, 0.29) is 0 Å². The molecule has 3 heterocycles. The van der Waals surface area contributed by atoms with Crippen molar-refractivity contribution in [3.8, 4) is 0 Å². The van der Waals surface area contributed by atoms with Crippen LogP contribution in [0.4, 0.5) is 5.82 Å². The highest BCUT2D eigenvalue weighted by molar-refractivity contribution is 5.75. The highest BCUT2D eigenvalue weighted by Crippen LogP contribution is 2.35. The molecule has 0 radical (unpaired) electrons. The molecule has 1 aliphatic heterocycles. The molecule has 5 nitrogen and oxygen atoms in total. The standard InChI is InChI=1S/C16H17N5/c1-20-11-12(9-18-20)15-7-4-8-21(15)16-10-17-13-5-2-3-6-14(13)19-16/h2-3,5-6,9-11,15H,4,7-8H2,1H3/t15-/m1/s1. The zero-order valence-electron chi connectivity index (χ0n) is 12.0. The first-order valence-electron chi connectivity index (χ1n) is 7.28. The number of nitrogens with zero attached hydrogens (tertiary/aromatic N) is 5. The second-order valence-electron chi connectivity index (χ2n) is 5.52. The first-order valence-corrected chi connectivity index (χ1v) is 7.28. The molecule has 0 saturated carbocycles. The first-order chi connectivity index (χ1) is 10.3. The summed E-state index contributed by atoms with van der Waals surface area (Å²) in [6, 6.07) is 8.36. The van der Waals surface area contributed by atoms with Crippen LogP contribution in [0.15, 0.2) is 42.9 Å². The molecule has 1 fully saturated rings. The molecule has 106 valence electrons. The predicted octanol–water partition coefficient (Wildman–Crippen LogP) is 2.70. The fourth-order valence-electron chi connectivity index (χ4n) is 3.09. The minimum Gasteiger partial charge on any atom is -0.348 e. The molecule has 0 amide bonds. The third-order valence-corrected chi connectivity index (χ3v) is 4.09. The van der Waals surface area contributed by atoms with Crippen LogP contribution in [0.5, 0.6) is 0 Å². The Morgan fingerprint density at radius 3 is 2.81 bits per heavy atom. The van der Waals surface area contributed by atoms with Crippen molar-refractivity contribution in [2.75, 3.05) is 11.4 Å². The van der Waals surface area contributed by atoms with E-state index in [0.29, 0.717) is 6.04 Å². The number of aryl methyl sites for hydroxylation is 1. The maximum atomic E-state index is 4.78. The summed E-state index contributed by atoms with van der Waals surface area (Å²) in [7, 11) is 1.96. The summed E-state index contributed by atoms with van der Waals surface area (Å²) >= 11 is 0. The summed E-state index contributed by atoms with van der Waals surface area (Å²) in [5, 5.41) is 4.29. The van der Waals surface area contributed by atoms with Crippen molar-refractivity contribution in [3.63, 3.8) is 0 Å². The van der Waals surface area contributed by atoms with Crippen molar-refractivity contribution < 1.29 is 0 Å². The van der Waals surface area contributed by atoms with Crippen LogP contribution < -0.4 is 4.90 Å². The molecular formula is C16H17N5. The van der Waals surface area contributed by atoms with Gasteiger partial charge in [-0.1, -0.05) is 12.1 Å². The van der Waals surface area contributed by atoms with Crippen LogP contribution in [0.25, 0.3) is 11.0 Å². The SMILES string of the molecule is Cn1cc([C@H]2CCCN2c2cnc3ccccc3n2)cn1. The number of hydrogen-bond acceptors (Lipinski definition) is 4. The molecule has 1 aromatic carbocycles. The summed E-state index contributed by atoms with van der Waals surface area (Å²) < 4.78 is 1.86. The van der Waals surface area contributed by atoms with Crippen LogP contribution in [-0.4, -0.2) is 26.3 Å². The molecule has 1 atom stereocenters. The fourth-order valence-corrected chi connectivity index (χ4v) is 3.09. The van der Waals surface area contributed by atoms with Gasteiger partial charge in [-0.2, -0.15) is 5.10 Å². The van der Waals surface area contributed by atoms with Crippen molar-refractivity contribution in [1.29, 1.82) is 0 Å². The largest absolute Gasteiger partial charge is 0.348 e. The number of benzene rings is 1. The van der Waals surface area contributed by atoms with Gasteiger partial charge in [-0.3, -0.25) is 9.67 Å². The molecule has 4 rings (SSSR count). The van der Waals surface area contributed by atoms with E-state index >= 15 is 0 Å². The predicted molar refractivity (Wildman–Crippen MR) is 82.1 cm³/mol. The van der Waals surface area contributed by atoms with Gasteiger partial charge in [-0.15, -0.1) is 0 Å². The third kappa shape index (κ3) is 2.14. The number of fused-ring (bicyclic) bond motifs is 1. The number of para-hydroxylation sites is 2. The van der Waals surface area contributed by atoms with E-state index in [1.54, 1.807) is 0 Å². The maximum absolute atomic E-state index is 4.78. The van der Waals surface area contributed by atoms with Gasteiger partial charge in [-0.25, -0.2) is 4.98 Å². The summed E-state index contributed by atoms with van der Waals surface area (Å²) in [5.74, 6) is 0.958. The Morgan fingerprint density at radius 1 is 1.14 bits per heavy atom. The van der Waals surface area contributed by atoms with E-state index < -0.39 is 0 Å². The number of rotatable bonds is 2. The lowest BCUT2D eigenvalue weighted by Gasteiger charge is -2.24. The van der Waals surface area contributed by atoms with Gasteiger partial charge in [0.1, 0.15) is 5.82 Å². The van der Waals surface area contributed by atoms with Gasteiger partial charge in [0.25, 0.3) is 0 Å². The van der Waals surface area contributed by atoms with E-state index in [9.17, 15) is 0 Å². The summed E-state index contributed by atoms with van der Waals surface area (Å²) in [6.07, 6.45) is 8.25. The van der Waals surface area contributed by atoms with Crippen LogP contribution in [0.1, 0.15) is 24.4 Å². The summed E-state index contributed by atoms with van der Waals surface area (Å²) in [6.45, 7) is 1.02. The Morgan fingerprint density at radius 2 is 2.00 bits per heavy atom. The van der Waals surface area contributed by atoms with E-state index in [1.807, 2.05) is 48.4 Å². The molecule has 0 unspecified atom stereocenters. The minimum absolute atomic E-state index is 0.356. The lowest BCUT2D eigenvalue weighted by atomic mass is 10.1. The molecule has 0 bridgehead atoms. The number of aromatic nitrogens is 4. The summed E-state index contributed by atoms with van der Waals surface area (Å²) in [4.78, 5) is 11.7. The first kappa shape index (κ1) is 12.3. The van der Waals surface area contributed by atoms with Crippen LogP contribution in [0, 0.1) is 0 Å². The van der Waals surface area contributed by atoms with Crippen molar-refractivity contribution in [3.05, 3.63) is 48.4 Å². The Balaban J connectivity index is 1.72. The van der Waals surface area contributed by atoms with Gasteiger partial charge in [0.05, 0.1) is 29.5 Å². The average Bonchev–Trinajstić information content (AvgIpc) is 3.15. The van der Waals surface area contributed by atoms with Gasteiger partial charge in [0.15, 0.2) is 0 Å². The lowest BCUT2D eigenvalue weighted by Crippen LogP contribution is -2.23. The molecule has 1 aliphatic rings. The number of anilines is 1. The topological polar surface area (TPSA) is 46.8 Å². The Kier molecular flexibility index (Phi) is 2.84. The van der Waals surface area contributed by atoms with E-state index in [2.05, 4.69) is 21.2 Å². The van der Waals surface area contributed by atoms with E-state index in [4.69, 9.17) is 4.98 Å². The second kappa shape index (κ2) is 4.84. The van der Waals surface area contributed by atoms with Crippen molar-refractivity contribution in [2.45, 2.75) is 18.9 Å². The van der Waals surface area contributed by atoms with E-state index in [1.165, 1.54) is 12.0 Å². The quantitative estimate of drug-likeness (QED) is 0.723. The van der Waals surface area contributed by atoms with Crippen LogP contribution in [-0.2, 0) is 7.05 Å². The van der Waals surface area contributed by atoms with Gasteiger partial charge in [0, 0.05) is 25.4 Å².